The van der Waals surface area contributed by atoms with E-state index in [-0.39, 0.29) is 0 Å². The van der Waals surface area contributed by atoms with Crippen molar-refractivity contribution in [2.45, 2.75) is 13.0 Å². The standard InChI is InChI=1S/C28H24N2O2/c1-19-7-9-21(10-8-19)27-18-26(29-30(27)24-13-15-25(32-2)16-14-24)28(31)23-12-11-20-5-3-4-6-22(20)17-23/h3-18,28,31H,1-2H3. The average molecular weight is 421 g/mol. The van der Waals surface area contributed by atoms with Crippen LogP contribution >= 0.6 is 0 Å². The van der Waals surface area contributed by atoms with E-state index < -0.39 is 6.10 Å². The van der Waals surface area contributed by atoms with Crippen molar-refractivity contribution >= 4 is 10.8 Å². The lowest BCUT2D eigenvalue weighted by Crippen LogP contribution is -2.03. The van der Waals surface area contributed by atoms with Gasteiger partial charge in [0.2, 0.25) is 0 Å². The SMILES string of the molecule is COc1ccc(-n2nc(C(O)c3ccc4ccccc4c3)cc2-c2ccc(C)cc2)cc1. The molecule has 32 heavy (non-hydrogen) atoms. The smallest absolute Gasteiger partial charge is 0.123 e. The molecule has 0 fully saturated rings. The van der Waals surface area contributed by atoms with Crippen molar-refractivity contribution in [1.29, 1.82) is 0 Å². The summed E-state index contributed by atoms with van der Waals surface area (Å²) in [5, 5.41) is 18.3. The summed E-state index contributed by atoms with van der Waals surface area (Å²) in [6, 6.07) is 32.2. The minimum absolute atomic E-state index is 0.603. The number of hydrogen-bond acceptors (Lipinski definition) is 3. The lowest BCUT2D eigenvalue weighted by Gasteiger charge is -2.10. The van der Waals surface area contributed by atoms with Gasteiger partial charge < -0.3 is 9.84 Å². The first-order valence-corrected chi connectivity index (χ1v) is 10.6. The number of nitrogens with zero attached hydrogens (tertiary/aromatic N) is 2. The normalized spacial score (nSPS) is 12.1. The molecule has 1 aromatic heterocycles. The number of hydrogen-bond donors (Lipinski definition) is 1. The minimum atomic E-state index is -0.830. The number of aliphatic hydroxyl groups excluding tert-OH is 1. The molecule has 1 heterocycles. The van der Waals surface area contributed by atoms with Crippen molar-refractivity contribution in [1.82, 2.24) is 9.78 Å². The fraction of sp³-hybridized carbons (Fsp3) is 0.107. The summed E-state index contributed by atoms with van der Waals surface area (Å²) in [4.78, 5) is 0. The lowest BCUT2D eigenvalue weighted by atomic mass is 10.0. The Morgan fingerprint density at radius 2 is 1.53 bits per heavy atom. The molecule has 0 saturated carbocycles. The van der Waals surface area contributed by atoms with Crippen molar-refractivity contribution in [3.05, 3.63) is 114 Å². The first-order chi connectivity index (χ1) is 15.6. The summed E-state index contributed by atoms with van der Waals surface area (Å²) in [5.74, 6) is 0.786. The van der Waals surface area contributed by atoms with E-state index in [2.05, 4.69) is 43.3 Å². The second-order valence-corrected chi connectivity index (χ2v) is 7.94. The van der Waals surface area contributed by atoms with Gasteiger partial charge in [0, 0.05) is 5.56 Å². The average Bonchev–Trinajstić information content (AvgIpc) is 3.29. The van der Waals surface area contributed by atoms with Crippen LogP contribution in [-0.4, -0.2) is 22.0 Å². The molecule has 0 aliphatic carbocycles. The molecule has 4 nitrogen and oxygen atoms in total. The zero-order valence-electron chi connectivity index (χ0n) is 18.1. The van der Waals surface area contributed by atoms with Crippen LogP contribution in [0.2, 0.25) is 0 Å². The molecule has 0 radical (unpaired) electrons. The van der Waals surface area contributed by atoms with Crippen molar-refractivity contribution in [3.8, 4) is 22.7 Å². The molecule has 0 amide bonds. The maximum atomic E-state index is 11.2. The van der Waals surface area contributed by atoms with Gasteiger partial charge in [-0.2, -0.15) is 5.10 Å². The Labute approximate surface area is 187 Å². The van der Waals surface area contributed by atoms with Gasteiger partial charge in [-0.3, -0.25) is 0 Å². The van der Waals surface area contributed by atoms with Gasteiger partial charge in [-0.05, 0) is 59.7 Å². The molecule has 0 bridgehead atoms. The largest absolute Gasteiger partial charge is 0.497 e. The van der Waals surface area contributed by atoms with E-state index in [0.29, 0.717) is 5.69 Å². The fourth-order valence-electron chi connectivity index (χ4n) is 3.93. The topological polar surface area (TPSA) is 47.3 Å². The number of ether oxygens (including phenoxy) is 1. The van der Waals surface area contributed by atoms with Crippen molar-refractivity contribution in [3.63, 3.8) is 0 Å². The zero-order valence-corrected chi connectivity index (χ0v) is 18.1. The minimum Gasteiger partial charge on any atom is -0.497 e. The number of fused-ring (bicyclic) bond motifs is 1. The summed E-state index contributed by atoms with van der Waals surface area (Å²) in [6.07, 6.45) is -0.830. The molecule has 5 aromatic rings. The Balaban J connectivity index is 1.60. The van der Waals surface area contributed by atoms with E-state index in [0.717, 1.165) is 39.0 Å². The molecule has 0 saturated heterocycles. The third-order valence-corrected chi connectivity index (χ3v) is 5.76. The summed E-state index contributed by atoms with van der Waals surface area (Å²) in [6.45, 7) is 2.07. The number of methoxy groups -OCH3 is 1. The molecule has 0 aliphatic rings. The van der Waals surface area contributed by atoms with Gasteiger partial charge >= 0.3 is 0 Å². The molecule has 4 heteroatoms. The van der Waals surface area contributed by atoms with E-state index in [1.54, 1.807) is 7.11 Å². The third-order valence-electron chi connectivity index (χ3n) is 5.76. The van der Waals surface area contributed by atoms with Crippen molar-refractivity contribution in [2.75, 3.05) is 7.11 Å². The van der Waals surface area contributed by atoms with Gasteiger partial charge in [-0.1, -0.05) is 66.2 Å². The maximum absolute atomic E-state index is 11.2. The van der Waals surface area contributed by atoms with Gasteiger partial charge in [0.05, 0.1) is 24.2 Å². The molecule has 1 atom stereocenters. The highest BCUT2D eigenvalue weighted by Crippen LogP contribution is 2.31. The number of aliphatic hydroxyl groups is 1. The van der Waals surface area contributed by atoms with Crippen LogP contribution in [0.5, 0.6) is 5.75 Å². The predicted octanol–water partition coefficient (Wildman–Crippen LogP) is 6.09. The van der Waals surface area contributed by atoms with E-state index in [4.69, 9.17) is 9.84 Å². The van der Waals surface area contributed by atoms with E-state index in [9.17, 15) is 5.11 Å². The van der Waals surface area contributed by atoms with Gasteiger partial charge in [-0.15, -0.1) is 0 Å². The maximum Gasteiger partial charge on any atom is 0.123 e. The molecule has 158 valence electrons. The van der Waals surface area contributed by atoms with Crippen LogP contribution in [0.4, 0.5) is 0 Å². The fourth-order valence-corrected chi connectivity index (χ4v) is 3.93. The monoisotopic (exact) mass is 420 g/mol. The summed E-state index contributed by atoms with van der Waals surface area (Å²) >= 11 is 0. The quantitative estimate of drug-likeness (QED) is 0.374. The van der Waals surface area contributed by atoms with Gasteiger partial charge in [-0.25, -0.2) is 4.68 Å². The van der Waals surface area contributed by atoms with E-state index in [1.165, 1.54) is 5.56 Å². The molecule has 0 aliphatic heterocycles. The second-order valence-electron chi connectivity index (χ2n) is 7.94. The Kier molecular flexibility index (Phi) is 5.21. The Hall–Kier alpha value is -3.89. The third kappa shape index (κ3) is 3.77. The van der Waals surface area contributed by atoms with Crippen LogP contribution in [0.15, 0.2) is 97.1 Å². The van der Waals surface area contributed by atoms with Crippen LogP contribution < -0.4 is 4.74 Å². The van der Waals surface area contributed by atoms with E-state index >= 15 is 0 Å². The molecule has 1 unspecified atom stereocenters. The summed E-state index contributed by atoms with van der Waals surface area (Å²) in [5.41, 5.74) is 5.48. The highest BCUT2D eigenvalue weighted by atomic mass is 16.5. The van der Waals surface area contributed by atoms with Crippen LogP contribution in [0.3, 0.4) is 0 Å². The Bertz CT molecular complexity index is 1370. The molecule has 1 N–H and O–H groups in total. The second kappa shape index (κ2) is 8.33. The first kappa shape index (κ1) is 20.0. The number of aryl methyl sites for hydroxylation is 1. The highest BCUT2D eigenvalue weighted by molar-refractivity contribution is 5.83. The van der Waals surface area contributed by atoms with Gasteiger partial charge in [0.25, 0.3) is 0 Å². The molecule has 5 rings (SSSR count). The number of aromatic nitrogens is 2. The van der Waals surface area contributed by atoms with Crippen LogP contribution in [-0.2, 0) is 0 Å². The molecular weight excluding hydrogens is 396 g/mol. The van der Waals surface area contributed by atoms with Crippen LogP contribution in [0, 0.1) is 6.92 Å². The number of benzene rings is 4. The van der Waals surface area contributed by atoms with Gasteiger partial charge in [0.15, 0.2) is 0 Å². The Morgan fingerprint density at radius 3 is 2.25 bits per heavy atom. The van der Waals surface area contributed by atoms with Crippen molar-refractivity contribution < 1.29 is 9.84 Å². The van der Waals surface area contributed by atoms with Crippen molar-refractivity contribution in [2.24, 2.45) is 0 Å². The predicted molar refractivity (Wildman–Crippen MR) is 128 cm³/mol. The van der Waals surface area contributed by atoms with E-state index in [1.807, 2.05) is 65.3 Å². The Morgan fingerprint density at radius 1 is 0.812 bits per heavy atom. The molecule has 0 spiro atoms. The summed E-state index contributed by atoms with van der Waals surface area (Å²) < 4.78 is 7.18. The van der Waals surface area contributed by atoms with Crippen LogP contribution in [0.25, 0.3) is 27.7 Å². The summed E-state index contributed by atoms with van der Waals surface area (Å²) in [7, 11) is 1.65. The molecular formula is C28H24N2O2. The highest BCUT2D eigenvalue weighted by Gasteiger charge is 2.19. The number of rotatable bonds is 5. The first-order valence-electron chi connectivity index (χ1n) is 10.6. The lowest BCUT2D eigenvalue weighted by molar-refractivity contribution is 0.215. The molecule has 4 aromatic carbocycles. The van der Waals surface area contributed by atoms with Crippen LogP contribution in [0.1, 0.15) is 22.9 Å². The zero-order chi connectivity index (χ0) is 22.1. The van der Waals surface area contributed by atoms with Gasteiger partial charge in [0.1, 0.15) is 11.9 Å².